The molecular weight excluding hydrogens is 334 g/mol. The Hall–Kier alpha value is -2.14. The van der Waals surface area contributed by atoms with Gasteiger partial charge in [0, 0.05) is 15.7 Å². The van der Waals surface area contributed by atoms with Gasteiger partial charge in [-0.05, 0) is 55.0 Å². The Kier molecular flexibility index (Phi) is 4.75. The number of aryl methyl sites for hydroxylation is 1. The fourth-order valence-corrected chi connectivity index (χ4v) is 2.36. The van der Waals surface area contributed by atoms with Crippen molar-refractivity contribution in [2.24, 2.45) is 0 Å². The first-order valence-electron chi connectivity index (χ1n) is 6.27. The molecule has 0 aliphatic carbocycles. The van der Waals surface area contributed by atoms with E-state index in [1.165, 1.54) is 7.11 Å². The fourth-order valence-electron chi connectivity index (χ4n) is 1.89. The van der Waals surface area contributed by atoms with Crippen LogP contribution in [0, 0.1) is 6.92 Å². The molecule has 1 N–H and O–H groups in total. The summed E-state index contributed by atoms with van der Waals surface area (Å²) in [6.45, 7) is 1.88. The highest BCUT2D eigenvalue weighted by Crippen LogP contribution is 2.18. The van der Waals surface area contributed by atoms with Crippen LogP contribution in [0.1, 0.15) is 26.3 Å². The third-order valence-electron chi connectivity index (χ3n) is 3.00. The zero-order valence-corrected chi connectivity index (χ0v) is 13.2. The Morgan fingerprint density at radius 3 is 2.33 bits per heavy atom. The number of ether oxygens (including phenoxy) is 1. The van der Waals surface area contributed by atoms with Gasteiger partial charge in [-0.3, -0.25) is 4.79 Å². The lowest BCUT2D eigenvalue weighted by Crippen LogP contribution is -2.13. The molecule has 0 fully saturated rings. The van der Waals surface area contributed by atoms with E-state index in [2.05, 4.69) is 26.0 Å². The number of rotatable bonds is 3. The predicted molar refractivity (Wildman–Crippen MR) is 84.6 cm³/mol. The number of anilines is 1. The van der Waals surface area contributed by atoms with Crippen LogP contribution in [0.2, 0.25) is 0 Å². The standard InChI is InChI=1S/C16H14BrNO3/c1-10-9-12(17)5-8-14(10)15(19)18-13-6-3-11(4-7-13)16(20)21-2/h3-9H,1-2H3,(H,18,19). The molecular formula is C16H14BrNO3. The molecule has 0 unspecified atom stereocenters. The Morgan fingerprint density at radius 1 is 1.10 bits per heavy atom. The summed E-state index contributed by atoms with van der Waals surface area (Å²) in [4.78, 5) is 23.5. The van der Waals surface area contributed by atoms with Crippen molar-refractivity contribution in [1.29, 1.82) is 0 Å². The largest absolute Gasteiger partial charge is 0.465 e. The summed E-state index contributed by atoms with van der Waals surface area (Å²) in [5, 5.41) is 2.80. The maximum Gasteiger partial charge on any atom is 0.337 e. The number of methoxy groups -OCH3 is 1. The lowest BCUT2D eigenvalue weighted by atomic mass is 10.1. The zero-order chi connectivity index (χ0) is 15.4. The third-order valence-corrected chi connectivity index (χ3v) is 3.49. The molecule has 0 saturated heterocycles. The Labute approximate surface area is 131 Å². The van der Waals surface area contributed by atoms with Gasteiger partial charge in [-0.25, -0.2) is 4.79 Å². The Balaban J connectivity index is 2.14. The molecule has 0 aliphatic rings. The van der Waals surface area contributed by atoms with Crippen LogP contribution in [0.3, 0.4) is 0 Å². The quantitative estimate of drug-likeness (QED) is 0.859. The first-order valence-corrected chi connectivity index (χ1v) is 7.06. The molecule has 2 aromatic rings. The molecule has 0 saturated carbocycles. The van der Waals surface area contributed by atoms with E-state index < -0.39 is 5.97 Å². The minimum Gasteiger partial charge on any atom is -0.465 e. The van der Waals surface area contributed by atoms with Gasteiger partial charge < -0.3 is 10.1 Å². The second-order valence-corrected chi connectivity index (χ2v) is 5.40. The Morgan fingerprint density at radius 2 is 1.76 bits per heavy atom. The highest BCUT2D eigenvalue weighted by atomic mass is 79.9. The summed E-state index contributed by atoms with van der Waals surface area (Å²) in [6.07, 6.45) is 0. The van der Waals surface area contributed by atoms with Gasteiger partial charge in [0.05, 0.1) is 12.7 Å². The second-order valence-electron chi connectivity index (χ2n) is 4.48. The van der Waals surface area contributed by atoms with Crippen molar-refractivity contribution in [3.8, 4) is 0 Å². The third kappa shape index (κ3) is 3.70. The van der Waals surface area contributed by atoms with E-state index in [1.54, 1.807) is 30.3 Å². The molecule has 0 atom stereocenters. The second kappa shape index (κ2) is 6.54. The van der Waals surface area contributed by atoms with Gasteiger partial charge in [0.1, 0.15) is 0 Å². The molecule has 5 heteroatoms. The molecule has 1 amide bonds. The fraction of sp³-hybridized carbons (Fsp3) is 0.125. The summed E-state index contributed by atoms with van der Waals surface area (Å²) in [6, 6.07) is 12.0. The van der Waals surface area contributed by atoms with Crippen LogP contribution in [-0.2, 0) is 4.74 Å². The number of amides is 1. The maximum atomic E-state index is 12.2. The number of carbonyl (C=O) groups is 2. The predicted octanol–water partition coefficient (Wildman–Crippen LogP) is 3.80. The number of carbonyl (C=O) groups excluding carboxylic acids is 2. The van der Waals surface area contributed by atoms with E-state index in [0.29, 0.717) is 16.8 Å². The minimum absolute atomic E-state index is 0.189. The molecule has 2 rings (SSSR count). The lowest BCUT2D eigenvalue weighted by molar-refractivity contribution is 0.0600. The molecule has 0 spiro atoms. The van der Waals surface area contributed by atoms with Crippen LogP contribution < -0.4 is 5.32 Å². The number of benzene rings is 2. The van der Waals surface area contributed by atoms with Crippen molar-refractivity contribution < 1.29 is 14.3 Å². The van der Waals surface area contributed by atoms with Gasteiger partial charge in [0.25, 0.3) is 5.91 Å². The van der Waals surface area contributed by atoms with Gasteiger partial charge in [0.15, 0.2) is 0 Å². The first kappa shape index (κ1) is 15.3. The molecule has 21 heavy (non-hydrogen) atoms. The van der Waals surface area contributed by atoms with Crippen LogP contribution >= 0.6 is 15.9 Å². The van der Waals surface area contributed by atoms with Crippen molar-refractivity contribution in [2.45, 2.75) is 6.92 Å². The van der Waals surface area contributed by atoms with Crippen LogP contribution in [0.25, 0.3) is 0 Å². The topological polar surface area (TPSA) is 55.4 Å². The van der Waals surface area contributed by atoms with Crippen molar-refractivity contribution >= 4 is 33.5 Å². The number of nitrogens with one attached hydrogen (secondary N) is 1. The molecule has 0 aliphatic heterocycles. The number of esters is 1. The van der Waals surface area contributed by atoms with E-state index in [4.69, 9.17) is 0 Å². The van der Waals surface area contributed by atoms with E-state index in [-0.39, 0.29) is 5.91 Å². The van der Waals surface area contributed by atoms with Gasteiger partial charge in [-0.2, -0.15) is 0 Å². The molecule has 2 aromatic carbocycles. The van der Waals surface area contributed by atoms with Crippen molar-refractivity contribution in [1.82, 2.24) is 0 Å². The lowest BCUT2D eigenvalue weighted by Gasteiger charge is -2.08. The van der Waals surface area contributed by atoms with E-state index >= 15 is 0 Å². The van der Waals surface area contributed by atoms with Crippen LogP contribution in [0.5, 0.6) is 0 Å². The summed E-state index contributed by atoms with van der Waals surface area (Å²) in [5.41, 5.74) is 2.55. The first-order chi connectivity index (χ1) is 10.0. The van der Waals surface area contributed by atoms with Crippen molar-refractivity contribution in [3.05, 3.63) is 63.6 Å². The molecule has 0 radical (unpaired) electrons. The summed E-state index contributed by atoms with van der Waals surface area (Å²) >= 11 is 3.37. The maximum absolute atomic E-state index is 12.2. The smallest absolute Gasteiger partial charge is 0.337 e. The highest BCUT2D eigenvalue weighted by Gasteiger charge is 2.10. The average Bonchev–Trinajstić information content (AvgIpc) is 2.47. The monoisotopic (exact) mass is 347 g/mol. The van der Waals surface area contributed by atoms with Crippen LogP contribution in [0.15, 0.2) is 46.9 Å². The summed E-state index contributed by atoms with van der Waals surface area (Å²) < 4.78 is 5.55. The molecule has 0 aromatic heterocycles. The van der Waals surface area contributed by atoms with Crippen molar-refractivity contribution in [3.63, 3.8) is 0 Å². The number of halogens is 1. The summed E-state index contributed by atoms with van der Waals surface area (Å²) in [7, 11) is 1.33. The highest BCUT2D eigenvalue weighted by molar-refractivity contribution is 9.10. The van der Waals surface area contributed by atoms with E-state index in [9.17, 15) is 9.59 Å². The summed E-state index contributed by atoms with van der Waals surface area (Å²) in [5.74, 6) is -0.595. The van der Waals surface area contributed by atoms with Crippen molar-refractivity contribution in [2.75, 3.05) is 12.4 Å². The van der Waals surface area contributed by atoms with Gasteiger partial charge in [0.2, 0.25) is 0 Å². The van der Waals surface area contributed by atoms with Crippen LogP contribution in [0.4, 0.5) is 5.69 Å². The SMILES string of the molecule is COC(=O)c1ccc(NC(=O)c2ccc(Br)cc2C)cc1. The van der Waals surface area contributed by atoms with Gasteiger partial charge in [-0.1, -0.05) is 15.9 Å². The molecule has 0 bridgehead atoms. The van der Waals surface area contributed by atoms with E-state index in [0.717, 1.165) is 10.0 Å². The molecule has 108 valence electrons. The van der Waals surface area contributed by atoms with E-state index in [1.807, 2.05) is 19.1 Å². The normalized spacial score (nSPS) is 10.0. The molecule has 4 nitrogen and oxygen atoms in total. The molecule has 0 heterocycles. The minimum atomic E-state index is -0.406. The number of hydrogen-bond acceptors (Lipinski definition) is 3. The van der Waals surface area contributed by atoms with Gasteiger partial charge >= 0.3 is 5.97 Å². The average molecular weight is 348 g/mol. The van der Waals surface area contributed by atoms with Gasteiger partial charge in [-0.15, -0.1) is 0 Å². The van der Waals surface area contributed by atoms with Crippen LogP contribution in [-0.4, -0.2) is 19.0 Å². The number of hydrogen-bond donors (Lipinski definition) is 1. The zero-order valence-electron chi connectivity index (χ0n) is 11.6. The Bertz CT molecular complexity index is 680.